The Hall–Kier alpha value is -2.96. The largest absolute Gasteiger partial charge is 0.412 e. The summed E-state index contributed by atoms with van der Waals surface area (Å²) in [7, 11) is 0. The molecule has 0 bridgehead atoms. The highest BCUT2D eigenvalue weighted by Crippen LogP contribution is 1.89. The lowest BCUT2D eigenvalue weighted by Crippen LogP contribution is -2.22. The standard InChI is InChI=1S/C5H6N2O2.C4H6N4O.3H2O/c1-3-2-6-5(9)7-4(3)8;5-2-1-3(9)8-4(6)7-2;;;/h2H,1H3,(H2,6,7,8,9);1H,(H5,5,6,7,8,9);3*1H2. The number of hydrogen-bond donors (Lipinski definition) is 5. The third kappa shape index (κ3) is 7.93. The maximum atomic E-state index is 10.6. The van der Waals surface area contributed by atoms with Gasteiger partial charge in [0, 0.05) is 17.8 Å². The molecule has 2 aromatic rings. The summed E-state index contributed by atoms with van der Waals surface area (Å²) in [5, 5.41) is 0. The van der Waals surface area contributed by atoms with Crippen LogP contribution < -0.4 is 28.3 Å². The molecule has 0 amide bonds. The van der Waals surface area contributed by atoms with Crippen LogP contribution in [0.4, 0.5) is 11.8 Å². The van der Waals surface area contributed by atoms with Crippen LogP contribution in [-0.2, 0) is 0 Å². The zero-order valence-corrected chi connectivity index (χ0v) is 11.0. The van der Waals surface area contributed by atoms with E-state index in [1.165, 1.54) is 6.20 Å². The minimum Gasteiger partial charge on any atom is -0.412 e. The molecule has 0 radical (unpaired) electrons. The molecule has 0 aliphatic heterocycles. The smallest absolute Gasteiger partial charge is 0.325 e. The summed E-state index contributed by atoms with van der Waals surface area (Å²) in [6.07, 6.45) is 1.38. The predicted octanol–water partition coefficient (Wildman–Crippen LogP) is -4.17. The van der Waals surface area contributed by atoms with Gasteiger partial charge < -0.3 is 32.9 Å². The van der Waals surface area contributed by atoms with Gasteiger partial charge >= 0.3 is 5.69 Å². The molecule has 2 heterocycles. The van der Waals surface area contributed by atoms with Gasteiger partial charge in [-0.1, -0.05) is 0 Å². The van der Waals surface area contributed by atoms with Gasteiger partial charge in [-0.2, -0.15) is 4.98 Å². The van der Waals surface area contributed by atoms with E-state index in [9.17, 15) is 14.4 Å². The lowest BCUT2D eigenvalue weighted by molar-refractivity contribution is 0.823. The van der Waals surface area contributed by atoms with Gasteiger partial charge in [-0.15, -0.1) is 0 Å². The predicted molar refractivity (Wildman–Crippen MR) is 76.9 cm³/mol. The zero-order chi connectivity index (χ0) is 13.7. The normalized spacial score (nSPS) is 8.05. The summed E-state index contributed by atoms with van der Waals surface area (Å²) in [6, 6.07) is 1.16. The Morgan fingerprint density at radius 1 is 1.05 bits per heavy atom. The molecule has 0 aliphatic rings. The molecule has 0 unspecified atom stereocenters. The Labute approximate surface area is 116 Å². The van der Waals surface area contributed by atoms with Crippen LogP contribution in [0.2, 0.25) is 0 Å². The van der Waals surface area contributed by atoms with Crippen LogP contribution in [0.25, 0.3) is 0 Å². The molecule has 13 N–H and O–H groups in total. The average molecular weight is 306 g/mol. The molecule has 0 fully saturated rings. The number of nitrogen functional groups attached to an aromatic ring is 2. The minimum atomic E-state index is -0.467. The van der Waals surface area contributed by atoms with Crippen LogP contribution in [0.15, 0.2) is 26.6 Å². The molecule has 12 nitrogen and oxygen atoms in total. The van der Waals surface area contributed by atoms with Crippen molar-refractivity contribution in [2.45, 2.75) is 6.92 Å². The SMILES string of the molecule is Cc1c[nH]c(=O)[nH]c1=O.Nc1cc(=O)[nH]c(N)n1.O.O.O. The van der Waals surface area contributed by atoms with Gasteiger partial charge in [0.25, 0.3) is 11.1 Å². The van der Waals surface area contributed by atoms with E-state index in [0.717, 1.165) is 6.07 Å². The fourth-order valence-electron chi connectivity index (χ4n) is 0.973. The Balaban J connectivity index is -0.000000270. The van der Waals surface area contributed by atoms with Gasteiger partial charge in [0.15, 0.2) is 0 Å². The summed E-state index contributed by atoms with van der Waals surface area (Å²) in [6.45, 7) is 1.62. The fraction of sp³-hybridized carbons (Fsp3) is 0.111. The van der Waals surface area contributed by atoms with E-state index in [-0.39, 0.29) is 39.3 Å². The maximum Gasteiger partial charge on any atom is 0.325 e. The summed E-state index contributed by atoms with van der Waals surface area (Å²) in [5.41, 5.74) is 9.64. The number of anilines is 2. The first-order valence-corrected chi connectivity index (χ1v) is 4.79. The molecule has 0 atom stereocenters. The Morgan fingerprint density at radius 3 is 2.00 bits per heavy atom. The molecule has 0 aromatic carbocycles. The molecular weight excluding hydrogens is 288 g/mol. The summed E-state index contributed by atoms with van der Waals surface area (Å²) in [5.74, 6) is 0.177. The van der Waals surface area contributed by atoms with Gasteiger partial charge in [0.05, 0.1) is 0 Å². The second-order valence-electron chi connectivity index (χ2n) is 3.31. The van der Waals surface area contributed by atoms with Crippen molar-refractivity contribution in [3.63, 3.8) is 0 Å². The van der Waals surface area contributed by atoms with Crippen molar-refractivity contribution in [3.8, 4) is 0 Å². The highest BCUT2D eigenvalue weighted by atomic mass is 16.2. The van der Waals surface area contributed by atoms with E-state index in [1.54, 1.807) is 6.92 Å². The Morgan fingerprint density at radius 2 is 1.62 bits per heavy atom. The molecule has 2 rings (SSSR count). The summed E-state index contributed by atoms with van der Waals surface area (Å²) in [4.78, 5) is 41.5. The number of nitrogens with one attached hydrogen (secondary N) is 3. The number of H-pyrrole nitrogens is 3. The Kier molecular flexibility index (Phi) is 10.9. The van der Waals surface area contributed by atoms with Gasteiger partial charge in [-0.3, -0.25) is 19.6 Å². The van der Waals surface area contributed by atoms with Crippen molar-refractivity contribution in [1.29, 1.82) is 0 Å². The lowest BCUT2D eigenvalue weighted by Gasteiger charge is -1.90. The lowest BCUT2D eigenvalue weighted by atomic mass is 10.4. The van der Waals surface area contributed by atoms with E-state index >= 15 is 0 Å². The monoisotopic (exact) mass is 306 g/mol. The van der Waals surface area contributed by atoms with Gasteiger partial charge in [-0.05, 0) is 6.92 Å². The first kappa shape index (κ1) is 23.2. The van der Waals surface area contributed by atoms with Crippen LogP contribution in [-0.4, -0.2) is 36.4 Å². The van der Waals surface area contributed by atoms with Crippen molar-refractivity contribution < 1.29 is 16.4 Å². The second kappa shape index (κ2) is 9.90. The molecule has 0 spiro atoms. The van der Waals surface area contributed by atoms with Crippen LogP contribution in [0.3, 0.4) is 0 Å². The van der Waals surface area contributed by atoms with Crippen LogP contribution >= 0.6 is 0 Å². The molecule has 120 valence electrons. The molecule has 0 aliphatic carbocycles. The highest BCUT2D eigenvalue weighted by Gasteiger charge is 1.90. The zero-order valence-electron chi connectivity index (χ0n) is 11.0. The fourth-order valence-corrected chi connectivity index (χ4v) is 0.973. The van der Waals surface area contributed by atoms with Crippen molar-refractivity contribution >= 4 is 11.8 Å². The molecular formula is C9H18N6O6. The van der Waals surface area contributed by atoms with Crippen LogP contribution in [0.5, 0.6) is 0 Å². The number of aryl methyl sites for hydroxylation is 1. The first-order valence-electron chi connectivity index (χ1n) is 4.79. The van der Waals surface area contributed by atoms with Crippen molar-refractivity contribution in [1.82, 2.24) is 19.9 Å². The second-order valence-corrected chi connectivity index (χ2v) is 3.31. The number of nitrogens with zero attached hydrogens (tertiary/aromatic N) is 1. The van der Waals surface area contributed by atoms with Gasteiger partial charge in [-0.25, -0.2) is 4.79 Å². The quantitative estimate of drug-likeness (QED) is 0.322. The Bertz CT molecular complexity index is 681. The number of rotatable bonds is 0. The summed E-state index contributed by atoms with van der Waals surface area (Å²) >= 11 is 0. The highest BCUT2D eigenvalue weighted by molar-refractivity contribution is 5.31. The topological polar surface area (TPSA) is 258 Å². The van der Waals surface area contributed by atoms with E-state index in [2.05, 4.69) is 19.9 Å². The van der Waals surface area contributed by atoms with Crippen molar-refractivity contribution in [3.05, 3.63) is 49.0 Å². The van der Waals surface area contributed by atoms with E-state index in [0.29, 0.717) is 5.56 Å². The van der Waals surface area contributed by atoms with Crippen LogP contribution in [0.1, 0.15) is 5.56 Å². The third-order valence-corrected chi connectivity index (χ3v) is 1.78. The van der Waals surface area contributed by atoms with Gasteiger partial charge in [0.2, 0.25) is 5.95 Å². The number of aromatic amines is 3. The minimum absolute atomic E-state index is 0. The van der Waals surface area contributed by atoms with Crippen LogP contribution in [0, 0.1) is 6.92 Å². The van der Waals surface area contributed by atoms with E-state index in [4.69, 9.17) is 11.5 Å². The number of aromatic nitrogens is 4. The van der Waals surface area contributed by atoms with Crippen molar-refractivity contribution in [2.75, 3.05) is 11.5 Å². The molecule has 12 heteroatoms. The van der Waals surface area contributed by atoms with Gasteiger partial charge in [0.1, 0.15) is 5.82 Å². The molecule has 0 saturated heterocycles. The third-order valence-electron chi connectivity index (χ3n) is 1.78. The maximum absolute atomic E-state index is 10.6. The van der Waals surface area contributed by atoms with E-state index in [1.807, 2.05) is 0 Å². The van der Waals surface area contributed by atoms with Crippen molar-refractivity contribution in [2.24, 2.45) is 0 Å². The average Bonchev–Trinajstić information content (AvgIpc) is 2.23. The van der Waals surface area contributed by atoms with E-state index < -0.39 is 5.69 Å². The molecule has 2 aromatic heterocycles. The number of nitrogens with two attached hydrogens (primary N) is 2. The first-order chi connectivity index (χ1) is 8.38. The molecule has 21 heavy (non-hydrogen) atoms. The number of hydrogen-bond acceptors (Lipinski definition) is 6. The summed E-state index contributed by atoms with van der Waals surface area (Å²) < 4.78 is 0. The molecule has 0 saturated carbocycles.